The van der Waals surface area contributed by atoms with Crippen molar-refractivity contribution in [2.45, 2.75) is 31.7 Å². The van der Waals surface area contributed by atoms with E-state index >= 15 is 0 Å². The molecule has 1 rings (SSSR count). The minimum atomic E-state index is -0.464. The summed E-state index contributed by atoms with van der Waals surface area (Å²) >= 11 is 5.32. The van der Waals surface area contributed by atoms with Crippen LogP contribution in [-0.2, 0) is 19.1 Å². The quantitative estimate of drug-likeness (QED) is 0.398. The van der Waals surface area contributed by atoms with Gasteiger partial charge in [-0.3, -0.25) is 14.4 Å². The molecule has 1 fully saturated rings. The Morgan fingerprint density at radius 3 is 2.89 bits per heavy atom. The Kier molecular flexibility index (Phi) is 5.85. The van der Waals surface area contributed by atoms with Crippen molar-refractivity contribution in [3.63, 3.8) is 0 Å². The Bertz CT molecular complexity index is 356. The van der Waals surface area contributed by atoms with E-state index in [4.69, 9.17) is 16.3 Å². The summed E-state index contributed by atoms with van der Waals surface area (Å²) in [5, 5.41) is -0.464. The number of likely N-dealkylation sites (tertiary alicyclic amines) is 1. The van der Waals surface area contributed by atoms with Crippen molar-refractivity contribution in [3.05, 3.63) is 12.7 Å². The summed E-state index contributed by atoms with van der Waals surface area (Å²) in [7, 11) is 0. The first-order chi connectivity index (χ1) is 8.54. The van der Waals surface area contributed by atoms with Crippen LogP contribution in [0.5, 0.6) is 0 Å². The van der Waals surface area contributed by atoms with Crippen LogP contribution in [0.2, 0.25) is 0 Å². The molecule has 1 amide bonds. The number of halogens is 1. The van der Waals surface area contributed by atoms with Crippen LogP contribution < -0.4 is 0 Å². The molecular formula is C12H16ClNO4. The molecule has 1 heterocycles. The maximum absolute atomic E-state index is 11.6. The summed E-state index contributed by atoms with van der Waals surface area (Å²) in [6.45, 7) is 3.86. The zero-order valence-corrected chi connectivity index (χ0v) is 10.8. The Balaban J connectivity index is 2.42. The van der Waals surface area contributed by atoms with Gasteiger partial charge in [0.05, 0.1) is 6.42 Å². The molecule has 0 aromatic rings. The van der Waals surface area contributed by atoms with Gasteiger partial charge in [0.2, 0.25) is 11.1 Å². The minimum absolute atomic E-state index is 0.0468. The van der Waals surface area contributed by atoms with E-state index in [1.807, 2.05) is 0 Å². The number of carbonyl (C=O) groups is 3. The van der Waals surface area contributed by atoms with Crippen LogP contribution in [-0.4, -0.2) is 41.2 Å². The first-order valence-corrected chi connectivity index (χ1v) is 6.16. The third kappa shape index (κ3) is 4.49. The average Bonchev–Trinajstić information content (AvgIpc) is 2.64. The molecule has 0 aromatic carbocycles. The van der Waals surface area contributed by atoms with Gasteiger partial charge in [-0.25, -0.2) is 0 Å². The Morgan fingerprint density at radius 2 is 2.28 bits per heavy atom. The standard InChI is InChI=1S/C12H16ClNO4/c1-2-7-18-12(17)5-6-14-9(8-10(13)15)3-4-11(14)16/h2,9H,1,3-8H2. The smallest absolute Gasteiger partial charge is 0.307 e. The van der Waals surface area contributed by atoms with Crippen molar-refractivity contribution >= 4 is 28.7 Å². The van der Waals surface area contributed by atoms with Gasteiger partial charge in [-0.15, -0.1) is 0 Å². The van der Waals surface area contributed by atoms with Gasteiger partial charge in [0.25, 0.3) is 0 Å². The molecular weight excluding hydrogens is 258 g/mol. The maximum atomic E-state index is 11.6. The Labute approximate surface area is 111 Å². The van der Waals surface area contributed by atoms with Gasteiger partial charge in [-0.1, -0.05) is 12.7 Å². The molecule has 0 spiro atoms. The molecule has 0 saturated carbocycles. The van der Waals surface area contributed by atoms with E-state index < -0.39 is 5.24 Å². The number of esters is 1. The number of carbonyl (C=O) groups excluding carboxylic acids is 3. The van der Waals surface area contributed by atoms with Crippen LogP contribution in [0.25, 0.3) is 0 Å². The number of hydrogen-bond acceptors (Lipinski definition) is 4. The molecule has 1 aliphatic heterocycles. The topological polar surface area (TPSA) is 63.7 Å². The summed E-state index contributed by atoms with van der Waals surface area (Å²) in [6, 6.07) is -0.185. The van der Waals surface area contributed by atoms with E-state index in [1.54, 1.807) is 0 Å². The van der Waals surface area contributed by atoms with E-state index in [9.17, 15) is 14.4 Å². The summed E-state index contributed by atoms with van der Waals surface area (Å²) in [5.74, 6) is -0.431. The molecule has 18 heavy (non-hydrogen) atoms. The molecule has 1 unspecified atom stereocenters. The van der Waals surface area contributed by atoms with Gasteiger partial charge < -0.3 is 9.64 Å². The highest BCUT2D eigenvalue weighted by atomic mass is 35.5. The van der Waals surface area contributed by atoms with E-state index in [0.717, 1.165) is 0 Å². The monoisotopic (exact) mass is 273 g/mol. The molecule has 1 aliphatic rings. The fourth-order valence-corrected chi connectivity index (χ4v) is 2.11. The number of rotatable bonds is 7. The number of amides is 1. The molecule has 5 nitrogen and oxygen atoms in total. The zero-order chi connectivity index (χ0) is 13.5. The number of hydrogen-bond donors (Lipinski definition) is 0. The second-order valence-electron chi connectivity index (χ2n) is 4.06. The summed E-state index contributed by atoms with van der Waals surface area (Å²) in [4.78, 5) is 35.3. The van der Waals surface area contributed by atoms with Crippen molar-refractivity contribution < 1.29 is 19.1 Å². The fraction of sp³-hybridized carbons (Fsp3) is 0.583. The van der Waals surface area contributed by atoms with Crippen molar-refractivity contribution in [1.29, 1.82) is 0 Å². The maximum Gasteiger partial charge on any atom is 0.307 e. The zero-order valence-electron chi connectivity index (χ0n) is 10.1. The van der Waals surface area contributed by atoms with Gasteiger partial charge in [0.15, 0.2) is 0 Å². The summed E-state index contributed by atoms with van der Waals surface area (Å²) in [5.41, 5.74) is 0. The van der Waals surface area contributed by atoms with E-state index in [1.165, 1.54) is 11.0 Å². The van der Waals surface area contributed by atoms with Crippen molar-refractivity contribution in [2.24, 2.45) is 0 Å². The van der Waals surface area contributed by atoms with Crippen LogP contribution in [0.3, 0.4) is 0 Å². The lowest BCUT2D eigenvalue weighted by molar-refractivity contribution is -0.143. The SMILES string of the molecule is C=CCOC(=O)CCN1C(=O)CCC1CC(=O)Cl. The predicted octanol–water partition coefficient (Wildman–Crippen LogP) is 1.25. The molecule has 0 radical (unpaired) electrons. The van der Waals surface area contributed by atoms with Crippen molar-refractivity contribution in [2.75, 3.05) is 13.2 Å². The lowest BCUT2D eigenvalue weighted by Crippen LogP contribution is -2.35. The van der Waals surface area contributed by atoms with Crippen molar-refractivity contribution in [3.8, 4) is 0 Å². The molecule has 100 valence electrons. The van der Waals surface area contributed by atoms with E-state index in [-0.39, 0.29) is 43.9 Å². The van der Waals surface area contributed by atoms with Crippen LogP contribution >= 0.6 is 11.6 Å². The van der Waals surface area contributed by atoms with E-state index in [2.05, 4.69) is 6.58 Å². The van der Waals surface area contributed by atoms with Crippen LogP contribution in [0.4, 0.5) is 0 Å². The molecule has 0 bridgehead atoms. The van der Waals surface area contributed by atoms with E-state index in [0.29, 0.717) is 12.8 Å². The third-order valence-electron chi connectivity index (χ3n) is 2.77. The number of ether oxygens (including phenoxy) is 1. The summed E-state index contributed by atoms with van der Waals surface area (Å²) in [6.07, 6.45) is 2.74. The first kappa shape index (κ1) is 14.7. The van der Waals surface area contributed by atoms with Crippen LogP contribution in [0.15, 0.2) is 12.7 Å². The lowest BCUT2D eigenvalue weighted by Gasteiger charge is -2.23. The van der Waals surface area contributed by atoms with Gasteiger partial charge in [-0.05, 0) is 18.0 Å². The highest BCUT2D eigenvalue weighted by Gasteiger charge is 2.32. The largest absolute Gasteiger partial charge is 0.461 e. The molecule has 6 heteroatoms. The second kappa shape index (κ2) is 7.16. The third-order valence-corrected chi connectivity index (χ3v) is 2.92. The second-order valence-corrected chi connectivity index (χ2v) is 4.48. The molecule has 0 N–H and O–H groups in total. The van der Waals surface area contributed by atoms with Gasteiger partial charge >= 0.3 is 5.97 Å². The Morgan fingerprint density at radius 1 is 1.56 bits per heavy atom. The molecule has 0 aliphatic carbocycles. The minimum Gasteiger partial charge on any atom is -0.461 e. The highest BCUT2D eigenvalue weighted by Crippen LogP contribution is 2.22. The number of nitrogens with zero attached hydrogens (tertiary/aromatic N) is 1. The van der Waals surface area contributed by atoms with Crippen LogP contribution in [0, 0.1) is 0 Å². The molecule has 0 aromatic heterocycles. The Hall–Kier alpha value is -1.36. The normalized spacial score (nSPS) is 18.8. The predicted molar refractivity (Wildman–Crippen MR) is 66.0 cm³/mol. The molecule has 1 atom stereocenters. The lowest BCUT2D eigenvalue weighted by atomic mass is 10.1. The molecule has 1 saturated heterocycles. The fourth-order valence-electron chi connectivity index (χ4n) is 1.93. The first-order valence-electron chi connectivity index (χ1n) is 5.79. The van der Waals surface area contributed by atoms with Gasteiger partial charge in [0.1, 0.15) is 6.61 Å². The van der Waals surface area contributed by atoms with Gasteiger partial charge in [-0.2, -0.15) is 0 Å². The van der Waals surface area contributed by atoms with Crippen LogP contribution in [0.1, 0.15) is 25.7 Å². The highest BCUT2D eigenvalue weighted by molar-refractivity contribution is 6.63. The van der Waals surface area contributed by atoms with Gasteiger partial charge in [0, 0.05) is 25.4 Å². The summed E-state index contributed by atoms with van der Waals surface area (Å²) < 4.78 is 4.81. The average molecular weight is 274 g/mol. The van der Waals surface area contributed by atoms with Crippen molar-refractivity contribution in [1.82, 2.24) is 4.90 Å².